The lowest BCUT2D eigenvalue weighted by Crippen LogP contribution is -2.21. The molecule has 47 heavy (non-hydrogen) atoms. The minimum atomic E-state index is -4.86. The molecule has 246 valence electrons. The second kappa shape index (κ2) is 13.8. The van der Waals surface area contributed by atoms with Crippen molar-refractivity contribution in [2.75, 3.05) is 38.0 Å². The lowest BCUT2D eigenvalue weighted by Gasteiger charge is -2.19. The number of aryl methyl sites for hydroxylation is 1. The molecule has 0 saturated heterocycles. The molecule has 1 atom stereocenters. The van der Waals surface area contributed by atoms with E-state index in [0.717, 1.165) is 0 Å². The third-order valence-corrected chi connectivity index (χ3v) is 8.84. The van der Waals surface area contributed by atoms with E-state index in [2.05, 4.69) is 36.0 Å². The Labute approximate surface area is 266 Å². The van der Waals surface area contributed by atoms with Crippen LogP contribution >= 0.6 is 7.60 Å². The summed E-state index contributed by atoms with van der Waals surface area (Å²) in [5.41, 5.74) is -0.235. The Hall–Kier alpha value is -5.04. The molecule has 4 aromatic rings. The Morgan fingerprint density at radius 3 is 2.70 bits per heavy atom. The van der Waals surface area contributed by atoms with Gasteiger partial charge in [-0.2, -0.15) is 28.5 Å². The van der Waals surface area contributed by atoms with Gasteiger partial charge in [0.2, 0.25) is 5.95 Å². The quantitative estimate of drug-likeness (QED) is 0.228. The van der Waals surface area contributed by atoms with Crippen LogP contribution in [0.3, 0.4) is 0 Å². The van der Waals surface area contributed by atoms with Crippen LogP contribution in [0, 0.1) is 11.3 Å². The maximum Gasteiger partial charge on any atom is 0.421 e. The van der Waals surface area contributed by atoms with Gasteiger partial charge in [0.25, 0.3) is 5.91 Å². The van der Waals surface area contributed by atoms with Gasteiger partial charge in [-0.05, 0) is 43.2 Å². The molecule has 0 radical (unpaired) electrons. The molecule has 7 heterocycles. The van der Waals surface area contributed by atoms with Gasteiger partial charge >= 0.3 is 13.8 Å². The molecule has 1 amide bonds. The lowest BCUT2D eigenvalue weighted by molar-refractivity contribution is -0.137. The van der Waals surface area contributed by atoms with E-state index in [0.29, 0.717) is 23.9 Å². The zero-order valence-electron chi connectivity index (χ0n) is 25.4. The van der Waals surface area contributed by atoms with Crippen LogP contribution in [0.1, 0.15) is 40.7 Å². The molecule has 0 spiro atoms. The van der Waals surface area contributed by atoms with Crippen LogP contribution in [-0.2, 0) is 32.5 Å². The minimum absolute atomic E-state index is 0.00319. The minimum Gasteiger partial charge on any atom is -0.495 e. The maximum atomic E-state index is 14.1. The molecule has 0 saturated carbocycles. The molecule has 4 aliphatic heterocycles. The van der Waals surface area contributed by atoms with Crippen molar-refractivity contribution in [3.05, 3.63) is 65.2 Å². The van der Waals surface area contributed by atoms with Crippen molar-refractivity contribution in [1.82, 2.24) is 30.0 Å². The van der Waals surface area contributed by atoms with Gasteiger partial charge in [0.15, 0.2) is 11.4 Å². The summed E-state index contributed by atoms with van der Waals surface area (Å²) >= 11 is 0. The van der Waals surface area contributed by atoms with E-state index in [1.807, 2.05) is 6.07 Å². The summed E-state index contributed by atoms with van der Waals surface area (Å²) in [6, 6.07) is 9.57. The average Bonchev–Trinajstić information content (AvgIpc) is 3.46. The van der Waals surface area contributed by atoms with Gasteiger partial charge < -0.3 is 29.7 Å². The van der Waals surface area contributed by atoms with E-state index in [4.69, 9.17) is 13.8 Å². The predicted molar refractivity (Wildman–Crippen MR) is 164 cm³/mol. The van der Waals surface area contributed by atoms with Crippen molar-refractivity contribution in [2.24, 2.45) is 0 Å². The molecule has 3 aromatic heterocycles. The number of pyridine rings is 1. The SMILES string of the molecule is CCO[P@@]1(=O)Cc2ccc(c(OC)c2)Nc2ncc(C(F)(F)F)c(n2)Nc2ccc(nc2C(=O)NC)-c2cn(nc2C#N)CCCO1. The first kappa shape index (κ1) is 33.3. The standard InChI is InChI=1S/C29H29F3N9O5P/c1-4-45-47(43)16-17-6-7-21(24(12-17)44-3)38-28-35-14-19(29(30,31)32)26(39-28)37-22-9-8-20(36-25(22)27(42)34-2)18-15-41(10-5-11-46-47)40-23(18)13-33/h6-9,12,14-15H,4-5,10-11,16H2,1-3H3,(H,34,42)(H2,35,37,38,39)/t47-/m0/s1. The number of anilines is 4. The van der Waals surface area contributed by atoms with Crippen molar-refractivity contribution in [2.45, 2.75) is 32.2 Å². The van der Waals surface area contributed by atoms with E-state index < -0.39 is 31.1 Å². The summed E-state index contributed by atoms with van der Waals surface area (Å²) in [4.78, 5) is 25.2. The van der Waals surface area contributed by atoms with Crippen molar-refractivity contribution in [3.8, 4) is 23.1 Å². The highest BCUT2D eigenvalue weighted by Gasteiger charge is 2.36. The highest BCUT2D eigenvalue weighted by atomic mass is 31.2. The number of ether oxygens (including phenoxy) is 1. The third kappa shape index (κ3) is 7.51. The molecule has 1 aromatic carbocycles. The largest absolute Gasteiger partial charge is 0.495 e. The number of amides is 1. The number of nitrogens with zero attached hydrogens (tertiary/aromatic N) is 6. The Morgan fingerprint density at radius 1 is 1.21 bits per heavy atom. The highest BCUT2D eigenvalue weighted by molar-refractivity contribution is 7.53. The summed E-state index contributed by atoms with van der Waals surface area (Å²) < 4.78 is 74.1. The van der Waals surface area contributed by atoms with Gasteiger partial charge in [0, 0.05) is 26.0 Å². The molecule has 4 aliphatic rings. The summed E-state index contributed by atoms with van der Waals surface area (Å²) in [6.07, 6.45) is -2.44. The number of carbonyl (C=O) groups excluding carboxylic acids is 1. The number of methoxy groups -OCH3 is 1. The van der Waals surface area contributed by atoms with Gasteiger partial charge in [-0.3, -0.25) is 14.0 Å². The molecule has 0 aliphatic carbocycles. The normalized spacial score (nSPS) is 16.6. The van der Waals surface area contributed by atoms with Crippen molar-refractivity contribution >= 4 is 36.6 Å². The lowest BCUT2D eigenvalue weighted by atomic mass is 10.1. The van der Waals surface area contributed by atoms with Crippen LogP contribution in [0.15, 0.2) is 42.7 Å². The van der Waals surface area contributed by atoms with Crippen LogP contribution in [-0.4, -0.2) is 58.0 Å². The molecular weight excluding hydrogens is 642 g/mol. The van der Waals surface area contributed by atoms with E-state index >= 15 is 0 Å². The predicted octanol–water partition coefficient (Wildman–Crippen LogP) is 5.63. The molecule has 0 unspecified atom stereocenters. The van der Waals surface area contributed by atoms with E-state index in [9.17, 15) is 27.8 Å². The first-order valence-corrected chi connectivity index (χ1v) is 15.9. The first-order valence-electron chi connectivity index (χ1n) is 14.2. The molecule has 18 heteroatoms. The van der Waals surface area contributed by atoms with Crippen LogP contribution in [0.5, 0.6) is 5.75 Å². The van der Waals surface area contributed by atoms with Crippen LogP contribution in [0.2, 0.25) is 0 Å². The van der Waals surface area contributed by atoms with Crippen molar-refractivity contribution in [1.29, 1.82) is 5.26 Å². The van der Waals surface area contributed by atoms with Crippen LogP contribution in [0.4, 0.5) is 36.3 Å². The Balaban J connectivity index is 1.66. The van der Waals surface area contributed by atoms with Crippen LogP contribution in [0.25, 0.3) is 11.3 Å². The van der Waals surface area contributed by atoms with Crippen LogP contribution < -0.4 is 20.7 Å². The monoisotopic (exact) mass is 671 g/mol. The van der Waals surface area contributed by atoms with Gasteiger partial charge in [0.05, 0.1) is 49.1 Å². The molecule has 0 fully saturated rings. The highest BCUT2D eigenvalue weighted by Crippen LogP contribution is 2.52. The Morgan fingerprint density at radius 2 is 2.00 bits per heavy atom. The summed E-state index contributed by atoms with van der Waals surface area (Å²) in [6.45, 7) is 2.15. The second-order valence-corrected chi connectivity index (χ2v) is 12.1. The zero-order chi connectivity index (χ0) is 33.8. The molecule has 14 nitrogen and oxygen atoms in total. The number of benzene rings is 1. The van der Waals surface area contributed by atoms with Crippen molar-refractivity contribution < 1.29 is 36.3 Å². The number of nitriles is 1. The van der Waals surface area contributed by atoms with E-state index in [-0.39, 0.29) is 66.0 Å². The molecule has 3 N–H and O–H groups in total. The number of aromatic nitrogens is 5. The smallest absolute Gasteiger partial charge is 0.421 e. The molecular formula is C29H29F3N9O5P. The number of rotatable bonds is 4. The first-order chi connectivity index (χ1) is 22.5. The van der Waals surface area contributed by atoms with Gasteiger partial charge in [-0.15, -0.1) is 0 Å². The fourth-order valence-corrected chi connectivity index (χ4v) is 6.42. The van der Waals surface area contributed by atoms with E-state index in [1.165, 1.54) is 31.0 Å². The second-order valence-electron chi connectivity index (χ2n) is 10.0. The average molecular weight is 672 g/mol. The number of hydrogen-bond acceptors (Lipinski definition) is 12. The van der Waals surface area contributed by atoms with Gasteiger partial charge in [-0.1, -0.05) is 6.07 Å². The van der Waals surface area contributed by atoms with Crippen molar-refractivity contribution in [3.63, 3.8) is 0 Å². The third-order valence-electron chi connectivity index (χ3n) is 6.86. The number of halogens is 3. The number of nitrogens with one attached hydrogen (secondary N) is 3. The van der Waals surface area contributed by atoms with Gasteiger partial charge in [0.1, 0.15) is 23.2 Å². The number of alkyl halides is 3. The number of hydrogen-bond donors (Lipinski definition) is 3. The fraction of sp³-hybridized carbons (Fsp3) is 0.310. The Kier molecular flexibility index (Phi) is 9.75. The summed E-state index contributed by atoms with van der Waals surface area (Å²) in [5, 5.41) is 21.9. The van der Waals surface area contributed by atoms with E-state index in [1.54, 1.807) is 31.3 Å². The number of carbonyl (C=O) groups is 1. The molecule has 8 rings (SSSR count). The summed E-state index contributed by atoms with van der Waals surface area (Å²) in [7, 11) is -0.885. The van der Waals surface area contributed by atoms with Gasteiger partial charge in [-0.25, -0.2) is 9.97 Å². The topological polar surface area (TPSA) is 178 Å². The molecule has 8 bridgehead atoms. The summed E-state index contributed by atoms with van der Waals surface area (Å²) in [5.74, 6) is -1.34. The Bertz CT molecular complexity index is 1890. The maximum absolute atomic E-state index is 14.1. The fourth-order valence-electron chi connectivity index (χ4n) is 4.72. The zero-order valence-corrected chi connectivity index (χ0v) is 26.3.